The molecule has 88 valence electrons. The molecule has 0 aliphatic rings. The lowest BCUT2D eigenvalue weighted by atomic mass is 10.1. The lowest BCUT2D eigenvalue weighted by molar-refractivity contribution is -0.142. The highest BCUT2D eigenvalue weighted by atomic mass is 35.5. The molecular formula is C11H12Cl2O3. The Bertz CT molecular complexity index is 391. The SMILES string of the molecule is CCOC(=O)Cc1cc(Cl)c(Cl)cc1OC. The van der Waals surface area contributed by atoms with Crippen LogP contribution in [0.2, 0.25) is 10.0 Å². The van der Waals surface area contributed by atoms with Gasteiger partial charge in [0.15, 0.2) is 0 Å². The van der Waals surface area contributed by atoms with E-state index in [0.29, 0.717) is 28.0 Å². The van der Waals surface area contributed by atoms with E-state index in [1.807, 2.05) is 0 Å². The third-order valence-electron chi connectivity index (χ3n) is 1.96. The highest BCUT2D eigenvalue weighted by Gasteiger charge is 2.12. The molecule has 0 spiro atoms. The Morgan fingerprint density at radius 3 is 2.50 bits per heavy atom. The van der Waals surface area contributed by atoms with E-state index in [1.54, 1.807) is 19.1 Å². The van der Waals surface area contributed by atoms with E-state index in [2.05, 4.69) is 0 Å². The fraction of sp³-hybridized carbons (Fsp3) is 0.364. The predicted molar refractivity (Wildman–Crippen MR) is 63.4 cm³/mol. The van der Waals surface area contributed by atoms with Crippen LogP contribution >= 0.6 is 23.2 Å². The minimum absolute atomic E-state index is 0.119. The number of methoxy groups -OCH3 is 1. The van der Waals surface area contributed by atoms with Crippen molar-refractivity contribution in [3.05, 3.63) is 27.7 Å². The van der Waals surface area contributed by atoms with Gasteiger partial charge in [-0.05, 0) is 13.0 Å². The van der Waals surface area contributed by atoms with Gasteiger partial charge < -0.3 is 9.47 Å². The van der Waals surface area contributed by atoms with Gasteiger partial charge in [-0.1, -0.05) is 23.2 Å². The number of hydrogen-bond acceptors (Lipinski definition) is 3. The molecule has 0 aliphatic carbocycles. The van der Waals surface area contributed by atoms with Crippen molar-refractivity contribution >= 4 is 29.2 Å². The average Bonchev–Trinajstić information content (AvgIpc) is 2.23. The van der Waals surface area contributed by atoms with Crippen molar-refractivity contribution < 1.29 is 14.3 Å². The van der Waals surface area contributed by atoms with Gasteiger partial charge in [0, 0.05) is 11.6 Å². The van der Waals surface area contributed by atoms with Crippen LogP contribution in [0, 0.1) is 0 Å². The first-order valence-electron chi connectivity index (χ1n) is 4.76. The van der Waals surface area contributed by atoms with Crippen LogP contribution in [0.5, 0.6) is 5.75 Å². The highest BCUT2D eigenvalue weighted by molar-refractivity contribution is 6.42. The van der Waals surface area contributed by atoms with Gasteiger partial charge in [-0.15, -0.1) is 0 Å². The van der Waals surface area contributed by atoms with E-state index in [9.17, 15) is 4.79 Å². The third kappa shape index (κ3) is 3.29. The first kappa shape index (κ1) is 13.1. The number of esters is 1. The maximum atomic E-state index is 11.3. The second kappa shape index (κ2) is 5.97. The summed E-state index contributed by atoms with van der Waals surface area (Å²) in [5.41, 5.74) is 0.662. The topological polar surface area (TPSA) is 35.5 Å². The average molecular weight is 263 g/mol. The Labute approximate surface area is 104 Å². The summed E-state index contributed by atoms with van der Waals surface area (Å²) < 4.78 is 9.95. The van der Waals surface area contributed by atoms with Crippen LogP contribution in [0.25, 0.3) is 0 Å². The van der Waals surface area contributed by atoms with Crippen molar-refractivity contribution in [1.29, 1.82) is 0 Å². The fourth-order valence-electron chi connectivity index (χ4n) is 1.27. The number of halogens is 2. The summed E-state index contributed by atoms with van der Waals surface area (Å²) in [6.07, 6.45) is 0.119. The standard InChI is InChI=1S/C11H12Cl2O3/c1-3-16-11(14)5-7-4-8(12)9(13)6-10(7)15-2/h4,6H,3,5H2,1-2H3. The first-order chi connectivity index (χ1) is 7.58. The summed E-state index contributed by atoms with van der Waals surface area (Å²) in [4.78, 5) is 11.3. The van der Waals surface area contributed by atoms with Crippen molar-refractivity contribution in [2.45, 2.75) is 13.3 Å². The van der Waals surface area contributed by atoms with Crippen LogP contribution in [0.15, 0.2) is 12.1 Å². The van der Waals surface area contributed by atoms with Crippen LogP contribution in [0.3, 0.4) is 0 Å². The molecule has 0 amide bonds. The van der Waals surface area contributed by atoms with E-state index in [4.69, 9.17) is 32.7 Å². The molecular weight excluding hydrogens is 251 g/mol. The first-order valence-corrected chi connectivity index (χ1v) is 5.51. The summed E-state index contributed by atoms with van der Waals surface area (Å²) in [6.45, 7) is 2.10. The van der Waals surface area contributed by atoms with E-state index in [1.165, 1.54) is 7.11 Å². The van der Waals surface area contributed by atoms with Gasteiger partial charge in [-0.25, -0.2) is 0 Å². The van der Waals surface area contributed by atoms with E-state index >= 15 is 0 Å². The Morgan fingerprint density at radius 1 is 1.31 bits per heavy atom. The molecule has 0 atom stereocenters. The van der Waals surface area contributed by atoms with E-state index in [-0.39, 0.29) is 12.4 Å². The zero-order chi connectivity index (χ0) is 12.1. The highest BCUT2D eigenvalue weighted by Crippen LogP contribution is 2.30. The monoisotopic (exact) mass is 262 g/mol. The lowest BCUT2D eigenvalue weighted by Crippen LogP contribution is -2.08. The molecule has 0 aliphatic heterocycles. The van der Waals surface area contributed by atoms with Gasteiger partial charge in [0.2, 0.25) is 0 Å². The summed E-state index contributed by atoms with van der Waals surface area (Å²) in [6, 6.07) is 3.19. The number of carbonyl (C=O) groups excluding carboxylic acids is 1. The number of rotatable bonds is 4. The normalized spacial score (nSPS) is 10.0. The Morgan fingerprint density at radius 2 is 1.94 bits per heavy atom. The molecule has 0 heterocycles. The number of ether oxygens (including phenoxy) is 2. The van der Waals surface area contributed by atoms with E-state index < -0.39 is 0 Å². The van der Waals surface area contributed by atoms with Gasteiger partial charge in [-0.3, -0.25) is 4.79 Å². The summed E-state index contributed by atoms with van der Waals surface area (Å²) in [5.74, 6) is 0.210. The van der Waals surface area contributed by atoms with E-state index in [0.717, 1.165) is 0 Å². The third-order valence-corrected chi connectivity index (χ3v) is 2.69. The van der Waals surface area contributed by atoms with Gasteiger partial charge in [0.05, 0.1) is 30.2 Å². The minimum Gasteiger partial charge on any atom is -0.496 e. The smallest absolute Gasteiger partial charge is 0.310 e. The maximum absolute atomic E-state index is 11.3. The molecule has 0 saturated heterocycles. The molecule has 0 fully saturated rings. The lowest BCUT2D eigenvalue weighted by Gasteiger charge is -2.09. The molecule has 1 aromatic rings. The molecule has 0 unspecified atom stereocenters. The molecule has 5 heteroatoms. The predicted octanol–water partition coefficient (Wildman–Crippen LogP) is 3.11. The van der Waals surface area contributed by atoms with Gasteiger partial charge >= 0.3 is 5.97 Å². The number of hydrogen-bond donors (Lipinski definition) is 0. The van der Waals surface area contributed by atoms with Crippen LogP contribution in [-0.2, 0) is 16.0 Å². The number of benzene rings is 1. The maximum Gasteiger partial charge on any atom is 0.310 e. The van der Waals surface area contributed by atoms with Crippen LogP contribution in [0.4, 0.5) is 0 Å². The largest absolute Gasteiger partial charge is 0.496 e. The van der Waals surface area contributed by atoms with Crippen LogP contribution < -0.4 is 4.74 Å². The summed E-state index contributed by atoms with van der Waals surface area (Å²) in [7, 11) is 1.51. The molecule has 0 N–H and O–H groups in total. The van der Waals surface area contributed by atoms with Crippen molar-refractivity contribution in [3.63, 3.8) is 0 Å². The van der Waals surface area contributed by atoms with Crippen LogP contribution in [0.1, 0.15) is 12.5 Å². The molecule has 1 rings (SSSR count). The summed E-state index contributed by atoms with van der Waals surface area (Å²) >= 11 is 11.7. The molecule has 3 nitrogen and oxygen atoms in total. The van der Waals surface area contributed by atoms with Crippen molar-refractivity contribution in [2.24, 2.45) is 0 Å². The number of carbonyl (C=O) groups is 1. The molecule has 0 radical (unpaired) electrons. The zero-order valence-corrected chi connectivity index (χ0v) is 10.6. The zero-order valence-electron chi connectivity index (χ0n) is 9.05. The molecule has 0 saturated carbocycles. The molecule has 0 bridgehead atoms. The van der Waals surface area contributed by atoms with Gasteiger partial charge in [-0.2, -0.15) is 0 Å². The van der Waals surface area contributed by atoms with Gasteiger partial charge in [0.1, 0.15) is 5.75 Å². The second-order valence-electron chi connectivity index (χ2n) is 3.06. The van der Waals surface area contributed by atoms with Gasteiger partial charge in [0.25, 0.3) is 0 Å². The Balaban J connectivity index is 2.94. The van der Waals surface area contributed by atoms with Crippen molar-refractivity contribution in [3.8, 4) is 5.75 Å². The minimum atomic E-state index is -0.320. The molecule has 16 heavy (non-hydrogen) atoms. The Kier molecular flexibility index (Phi) is 4.90. The Hall–Kier alpha value is -0.930. The van der Waals surface area contributed by atoms with Crippen LogP contribution in [-0.4, -0.2) is 19.7 Å². The van der Waals surface area contributed by atoms with Crippen molar-refractivity contribution in [1.82, 2.24) is 0 Å². The summed E-state index contributed by atoms with van der Waals surface area (Å²) in [5, 5.41) is 0.785. The molecule has 1 aromatic carbocycles. The molecule has 0 aromatic heterocycles. The fourth-order valence-corrected chi connectivity index (χ4v) is 1.61. The second-order valence-corrected chi connectivity index (χ2v) is 3.87. The quantitative estimate of drug-likeness (QED) is 0.783. The van der Waals surface area contributed by atoms with Crippen molar-refractivity contribution in [2.75, 3.05) is 13.7 Å².